The van der Waals surface area contributed by atoms with E-state index in [0.29, 0.717) is 12.5 Å². The minimum Gasteiger partial charge on any atom is -0.495 e. The number of anilines is 1. The summed E-state index contributed by atoms with van der Waals surface area (Å²) in [5.41, 5.74) is 6.79. The summed E-state index contributed by atoms with van der Waals surface area (Å²) >= 11 is 0. The Hall–Kier alpha value is -1.26. The lowest BCUT2D eigenvalue weighted by atomic mass is 9.84. The number of ether oxygens (including phenoxy) is 2. The van der Waals surface area contributed by atoms with Gasteiger partial charge in [-0.1, -0.05) is 12.1 Å². The fraction of sp³-hybridized carbons (Fsp3) is 0.571. The maximum atomic E-state index is 5.97. The van der Waals surface area contributed by atoms with Crippen LogP contribution in [0.1, 0.15) is 13.3 Å². The Kier molecular flexibility index (Phi) is 4.09. The van der Waals surface area contributed by atoms with E-state index in [9.17, 15) is 0 Å². The standard InChI is InChI=1S/C14H22N2O2/c1-14(10-15,11-7-8-18-9-11)16-12-5-3-4-6-13(12)17-2/h3-6,11,16H,7-10,15H2,1-2H3. The molecule has 0 spiro atoms. The molecular weight excluding hydrogens is 228 g/mol. The summed E-state index contributed by atoms with van der Waals surface area (Å²) in [7, 11) is 1.68. The molecule has 0 aliphatic carbocycles. The van der Waals surface area contributed by atoms with E-state index in [2.05, 4.69) is 12.2 Å². The second kappa shape index (κ2) is 5.59. The summed E-state index contributed by atoms with van der Waals surface area (Å²) in [5.74, 6) is 1.28. The molecule has 0 radical (unpaired) electrons. The molecule has 1 aliphatic heterocycles. The van der Waals surface area contributed by atoms with Crippen LogP contribution in [0.3, 0.4) is 0 Å². The average molecular weight is 250 g/mol. The van der Waals surface area contributed by atoms with Crippen LogP contribution in [0.25, 0.3) is 0 Å². The maximum Gasteiger partial charge on any atom is 0.141 e. The molecule has 100 valence electrons. The van der Waals surface area contributed by atoms with Crippen LogP contribution in [0.5, 0.6) is 5.75 Å². The highest BCUT2D eigenvalue weighted by molar-refractivity contribution is 5.57. The van der Waals surface area contributed by atoms with E-state index in [1.807, 2.05) is 24.3 Å². The van der Waals surface area contributed by atoms with Gasteiger partial charge in [0.15, 0.2) is 0 Å². The van der Waals surface area contributed by atoms with Crippen molar-refractivity contribution in [3.63, 3.8) is 0 Å². The Labute approximate surface area is 108 Å². The van der Waals surface area contributed by atoms with Crippen molar-refractivity contribution in [2.45, 2.75) is 18.9 Å². The highest BCUT2D eigenvalue weighted by Crippen LogP contribution is 2.32. The minimum atomic E-state index is -0.162. The lowest BCUT2D eigenvalue weighted by Gasteiger charge is -2.36. The zero-order valence-corrected chi connectivity index (χ0v) is 11.1. The van der Waals surface area contributed by atoms with Crippen molar-refractivity contribution < 1.29 is 9.47 Å². The van der Waals surface area contributed by atoms with Crippen molar-refractivity contribution >= 4 is 5.69 Å². The van der Waals surface area contributed by atoms with Crippen molar-refractivity contribution in [2.24, 2.45) is 11.7 Å². The number of hydrogen-bond donors (Lipinski definition) is 2. The van der Waals surface area contributed by atoms with Crippen LogP contribution in [-0.4, -0.2) is 32.4 Å². The van der Waals surface area contributed by atoms with Crippen LogP contribution in [0.15, 0.2) is 24.3 Å². The summed E-state index contributed by atoms with van der Waals surface area (Å²) in [6.45, 7) is 4.32. The maximum absolute atomic E-state index is 5.97. The first-order valence-electron chi connectivity index (χ1n) is 6.38. The number of para-hydroxylation sites is 2. The number of hydrogen-bond acceptors (Lipinski definition) is 4. The SMILES string of the molecule is COc1ccccc1NC(C)(CN)C1CCOC1. The summed E-state index contributed by atoms with van der Waals surface area (Å²) in [6, 6.07) is 7.92. The van der Waals surface area contributed by atoms with Gasteiger partial charge in [-0.25, -0.2) is 0 Å². The summed E-state index contributed by atoms with van der Waals surface area (Å²) in [6.07, 6.45) is 1.05. The van der Waals surface area contributed by atoms with E-state index >= 15 is 0 Å². The quantitative estimate of drug-likeness (QED) is 0.837. The van der Waals surface area contributed by atoms with Gasteiger partial charge in [-0.3, -0.25) is 0 Å². The molecule has 1 fully saturated rings. The average Bonchev–Trinajstić information content (AvgIpc) is 2.94. The topological polar surface area (TPSA) is 56.5 Å². The molecule has 2 atom stereocenters. The van der Waals surface area contributed by atoms with Gasteiger partial charge in [0.05, 0.1) is 24.9 Å². The van der Waals surface area contributed by atoms with E-state index < -0.39 is 0 Å². The van der Waals surface area contributed by atoms with Gasteiger partial charge in [-0.05, 0) is 25.5 Å². The van der Waals surface area contributed by atoms with Crippen LogP contribution in [0.4, 0.5) is 5.69 Å². The normalized spacial score (nSPS) is 22.5. The number of rotatable bonds is 5. The van der Waals surface area contributed by atoms with Crippen LogP contribution in [0, 0.1) is 5.92 Å². The molecule has 0 saturated carbocycles. The molecular formula is C14H22N2O2. The van der Waals surface area contributed by atoms with Crippen molar-refractivity contribution in [1.29, 1.82) is 0 Å². The van der Waals surface area contributed by atoms with Crippen molar-refractivity contribution in [3.8, 4) is 5.75 Å². The molecule has 1 saturated heterocycles. The van der Waals surface area contributed by atoms with Gasteiger partial charge in [0.2, 0.25) is 0 Å². The smallest absolute Gasteiger partial charge is 0.141 e. The monoisotopic (exact) mass is 250 g/mol. The summed E-state index contributed by atoms with van der Waals surface area (Å²) in [5, 5.41) is 3.54. The van der Waals surface area contributed by atoms with Crippen molar-refractivity contribution in [3.05, 3.63) is 24.3 Å². The third-order valence-corrected chi connectivity index (χ3v) is 3.78. The molecule has 1 aliphatic rings. The predicted octanol–water partition coefficient (Wildman–Crippen LogP) is 1.86. The van der Waals surface area contributed by atoms with Crippen LogP contribution >= 0.6 is 0 Å². The predicted molar refractivity (Wildman–Crippen MR) is 73.0 cm³/mol. The summed E-state index contributed by atoms with van der Waals surface area (Å²) in [4.78, 5) is 0. The molecule has 1 heterocycles. The highest BCUT2D eigenvalue weighted by atomic mass is 16.5. The van der Waals surface area contributed by atoms with Crippen molar-refractivity contribution in [1.82, 2.24) is 0 Å². The van der Waals surface area contributed by atoms with E-state index in [0.717, 1.165) is 31.1 Å². The molecule has 4 nitrogen and oxygen atoms in total. The zero-order valence-electron chi connectivity index (χ0n) is 11.1. The van der Waals surface area contributed by atoms with E-state index in [4.69, 9.17) is 15.2 Å². The fourth-order valence-corrected chi connectivity index (χ4v) is 2.41. The van der Waals surface area contributed by atoms with Crippen LogP contribution in [0.2, 0.25) is 0 Å². The van der Waals surface area contributed by atoms with E-state index in [1.165, 1.54) is 0 Å². The molecule has 1 aromatic carbocycles. The zero-order chi connectivity index (χ0) is 13.0. The first-order valence-corrected chi connectivity index (χ1v) is 6.38. The molecule has 0 amide bonds. The Morgan fingerprint density at radius 1 is 1.50 bits per heavy atom. The minimum absolute atomic E-state index is 0.162. The third kappa shape index (κ3) is 2.60. The van der Waals surface area contributed by atoms with E-state index in [-0.39, 0.29) is 5.54 Å². The molecule has 0 aromatic heterocycles. The van der Waals surface area contributed by atoms with Crippen LogP contribution in [-0.2, 0) is 4.74 Å². The second-order valence-corrected chi connectivity index (χ2v) is 5.01. The van der Waals surface area contributed by atoms with E-state index in [1.54, 1.807) is 7.11 Å². The van der Waals surface area contributed by atoms with Crippen molar-refractivity contribution in [2.75, 3.05) is 32.2 Å². The fourth-order valence-electron chi connectivity index (χ4n) is 2.41. The first kappa shape index (κ1) is 13.2. The third-order valence-electron chi connectivity index (χ3n) is 3.78. The van der Waals surface area contributed by atoms with Gasteiger partial charge < -0.3 is 20.5 Å². The van der Waals surface area contributed by atoms with Crippen LogP contribution < -0.4 is 15.8 Å². The lowest BCUT2D eigenvalue weighted by molar-refractivity contribution is 0.172. The van der Waals surface area contributed by atoms with Gasteiger partial charge in [-0.15, -0.1) is 0 Å². The second-order valence-electron chi connectivity index (χ2n) is 5.01. The Morgan fingerprint density at radius 3 is 2.89 bits per heavy atom. The van der Waals surface area contributed by atoms with Gasteiger partial charge >= 0.3 is 0 Å². The number of methoxy groups -OCH3 is 1. The summed E-state index contributed by atoms with van der Waals surface area (Å²) < 4.78 is 10.8. The first-order chi connectivity index (χ1) is 8.69. The highest BCUT2D eigenvalue weighted by Gasteiger charge is 2.36. The van der Waals surface area contributed by atoms with Gasteiger partial charge in [0, 0.05) is 19.1 Å². The van der Waals surface area contributed by atoms with Gasteiger partial charge in [-0.2, -0.15) is 0 Å². The lowest BCUT2D eigenvalue weighted by Crippen LogP contribution is -2.49. The molecule has 1 aromatic rings. The molecule has 2 unspecified atom stereocenters. The molecule has 3 N–H and O–H groups in total. The van der Waals surface area contributed by atoms with Gasteiger partial charge in [0.1, 0.15) is 5.75 Å². The molecule has 4 heteroatoms. The molecule has 0 bridgehead atoms. The molecule has 18 heavy (non-hydrogen) atoms. The number of benzene rings is 1. The number of nitrogens with two attached hydrogens (primary N) is 1. The molecule has 2 rings (SSSR count). The van der Waals surface area contributed by atoms with Gasteiger partial charge in [0.25, 0.3) is 0 Å². The Bertz CT molecular complexity index is 391. The number of nitrogens with one attached hydrogen (secondary N) is 1. The largest absolute Gasteiger partial charge is 0.495 e. The Morgan fingerprint density at radius 2 is 2.28 bits per heavy atom. The Balaban J connectivity index is 2.18.